The van der Waals surface area contributed by atoms with Gasteiger partial charge in [0.25, 0.3) is 0 Å². The van der Waals surface area contributed by atoms with Crippen LogP contribution in [0.3, 0.4) is 0 Å². The molecule has 1 N–H and O–H groups in total. The largest absolute Gasteiger partial charge is 0.393 e. The van der Waals surface area contributed by atoms with E-state index in [1.807, 2.05) is 11.1 Å². The van der Waals surface area contributed by atoms with Crippen molar-refractivity contribution in [2.75, 3.05) is 0 Å². The molecule has 0 heterocycles. The van der Waals surface area contributed by atoms with E-state index in [-0.39, 0.29) is 6.10 Å². The molecule has 0 amide bonds. The first kappa shape index (κ1) is 21.0. The van der Waals surface area contributed by atoms with Crippen LogP contribution in [0.25, 0.3) is 0 Å². The van der Waals surface area contributed by atoms with Crippen molar-refractivity contribution in [1.82, 2.24) is 0 Å². The van der Waals surface area contributed by atoms with Gasteiger partial charge in [0.1, 0.15) is 0 Å². The lowest BCUT2D eigenvalue weighted by molar-refractivity contribution is -0.111. The summed E-state index contributed by atoms with van der Waals surface area (Å²) >= 11 is 0. The van der Waals surface area contributed by atoms with Crippen molar-refractivity contribution in [3.63, 3.8) is 0 Å². The third-order valence-corrected chi connectivity index (χ3v) is 10.1. The molecule has 0 unspecified atom stereocenters. The zero-order chi connectivity index (χ0) is 20.1. The van der Waals surface area contributed by atoms with Gasteiger partial charge in [0.15, 0.2) is 0 Å². The van der Waals surface area contributed by atoms with Gasteiger partial charge in [0, 0.05) is 0 Å². The second-order valence-corrected chi connectivity index (χ2v) is 12.0. The maximum absolute atomic E-state index is 11.2. The summed E-state index contributed by atoms with van der Waals surface area (Å²) in [6.45, 7) is 12.5. The third-order valence-electron chi connectivity index (χ3n) is 10.1. The Kier molecular flexibility index (Phi) is 5.80. The molecular weight excluding hydrogens is 340 g/mol. The Hall–Kier alpha value is -0.300. The van der Waals surface area contributed by atoms with Gasteiger partial charge in [-0.05, 0) is 85.4 Å². The molecule has 0 aromatic heterocycles. The number of hydrogen-bond donors (Lipinski definition) is 1. The molecule has 0 spiro atoms. The van der Waals surface area contributed by atoms with E-state index in [1.54, 1.807) is 0 Å². The summed E-state index contributed by atoms with van der Waals surface area (Å²) in [4.78, 5) is 0. The summed E-state index contributed by atoms with van der Waals surface area (Å²) in [5, 5.41) is 11.2. The van der Waals surface area contributed by atoms with Crippen LogP contribution >= 0.6 is 0 Å². The molecule has 1 nitrogen and oxygen atoms in total. The topological polar surface area (TPSA) is 20.2 Å². The summed E-state index contributed by atoms with van der Waals surface area (Å²) in [6, 6.07) is 0. The van der Waals surface area contributed by atoms with Crippen LogP contribution in [-0.4, -0.2) is 11.2 Å². The van der Waals surface area contributed by atoms with Crippen molar-refractivity contribution in [3.8, 4) is 0 Å². The van der Waals surface area contributed by atoms with Crippen LogP contribution in [0.15, 0.2) is 11.1 Å². The maximum Gasteiger partial charge on any atom is 0.0579 e. The van der Waals surface area contributed by atoms with Crippen LogP contribution in [0.4, 0.5) is 0 Å². The summed E-state index contributed by atoms with van der Waals surface area (Å²) in [5.74, 6) is 3.72. The van der Waals surface area contributed by atoms with E-state index in [0.29, 0.717) is 22.7 Å². The fourth-order valence-corrected chi connectivity index (χ4v) is 8.51. The monoisotopic (exact) mass is 386 g/mol. The second kappa shape index (κ2) is 7.75. The quantitative estimate of drug-likeness (QED) is 0.484. The summed E-state index contributed by atoms with van der Waals surface area (Å²) in [5.41, 5.74) is 4.45. The second-order valence-electron chi connectivity index (χ2n) is 12.0. The Labute approximate surface area is 174 Å². The van der Waals surface area contributed by atoms with Crippen LogP contribution in [0, 0.1) is 40.4 Å². The fourth-order valence-electron chi connectivity index (χ4n) is 8.51. The van der Waals surface area contributed by atoms with Crippen molar-refractivity contribution < 1.29 is 5.11 Å². The lowest BCUT2D eigenvalue weighted by atomic mass is 9.43. The lowest BCUT2D eigenvalue weighted by Crippen LogP contribution is -2.57. The van der Waals surface area contributed by atoms with Crippen LogP contribution in [-0.2, 0) is 0 Å². The van der Waals surface area contributed by atoms with Crippen molar-refractivity contribution in [3.05, 3.63) is 11.1 Å². The summed E-state index contributed by atoms with van der Waals surface area (Å²) in [7, 11) is 0. The minimum atomic E-state index is -0.0576. The molecule has 3 fully saturated rings. The number of aliphatic hydroxyl groups is 1. The minimum Gasteiger partial charge on any atom is -0.393 e. The molecule has 3 saturated carbocycles. The van der Waals surface area contributed by atoms with Crippen molar-refractivity contribution in [2.45, 2.75) is 118 Å². The smallest absolute Gasteiger partial charge is 0.0579 e. The predicted molar refractivity (Wildman–Crippen MR) is 119 cm³/mol. The summed E-state index contributed by atoms with van der Waals surface area (Å²) < 4.78 is 0. The van der Waals surface area contributed by atoms with Crippen molar-refractivity contribution in [1.29, 1.82) is 0 Å². The highest BCUT2D eigenvalue weighted by molar-refractivity contribution is 5.39. The van der Waals surface area contributed by atoms with Crippen LogP contribution in [0.5, 0.6) is 0 Å². The zero-order valence-corrected chi connectivity index (χ0v) is 19.4. The van der Waals surface area contributed by atoms with Gasteiger partial charge in [-0.15, -0.1) is 0 Å². The normalized spacial score (nSPS) is 44.2. The Morgan fingerprint density at radius 1 is 0.964 bits per heavy atom. The Morgan fingerprint density at radius 2 is 1.75 bits per heavy atom. The van der Waals surface area contributed by atoms with Gasteiger partial charge >= 0.3 is 0 Å². The van der Waals surface area contributed by atoms with E-state index in [0.717, 1.165) is 24.2 Å². The highest BCUT2D eigenvalue weighted by Gasteiger charge is 2.63. The molecule has 0 aromatic carbocycles. The average molecular weight is 387 g/mol. The van der Waals surface area contributed by atoms with Crippen LogP contribution in [0.1, 0.15) is 112 Å². The van der Waals surface area contributed by atoms with E-state index in [4.69, 9.17) is 0 Å². The minimum absolute atomic E-state index is 0.0576. The van der Waals surface area contributed by atoms with E-state index >= 15 is 0 Å². The first-order valence-electron chi connectivity index (χ1n) is 12.7. The lowest BCUT2D eigenvalue weighted by Gasteiger charge is -2.62. The molecule has 0 saturated heterocycles. The Bertz CT molecular complexity index is 603. The first-order valence-corrected chi connectivity index (χ1v) is 12.7. The molecular formula is C27H46O. The van der Waals surface area contributed by atoms with E-state index in [2.05, 4.69) is 34.6 Å². The van der Waals surface area contributed by atoms with Gasteiger partial charge in [-0.1, -0.05) is 77.9 Å². The number of fused-ring (bicyclic) bond motifs is 5. The molecule has 0 aromatic rings. The summed E-state index contributed by atoms with van der Waals surface area (Å²) in [6.07, 6.45) is 16.0. The third kappa shape index (κ3) is 3.14. The van der Waals surface area contributed by atoms with Gasteiger partial charge in [0.05, 0.1) is 6.10 Å². The number of rotatable bonds is 5. The molecule has 4 rings (SSSR count). The standard InChI is InChI=1S/C27H46O/c1-18(2)10-8-11-19(3)20-15-17-27(5)24(20)21-12-6-7-13-22(21)25-23(28)14-9-16-26(25,27)4/h18-20,22-23,25,28H,6-17H2,1-5H3/t19-,20+,22-,23-,25-,26-,27-/m1/s1. The average Bonchev–Trinajstić information content (AvgIpc) is 3.01. The van der Waals surface area contributed by atoms with E-state index in [9.17, 15) is 5.11 Å². The molecule has 4 aliphatic carbocycles. The predicted octanol–water partition coefficient (Wildman–Crippen LogP) is 7.53. The molecule has 0 bridgehead atoms. The molecule has 0 radical (unpaired) electrons. The fraction of sp³-hybridized carbons (Fsp3) is 0.926. The van der Waals surface area contributed by atoms with Gasteiger partial charge in [0.2, 0.25) is 0 Å². The first-order chi connectivity index (χ1) is 13.3. The van der Waals surface area contributed by atoms with Gasteiger partial charge < -0.3 is 5.11 Å². The molecule has 0 aliphatic heterocycles. The number of hydrogen-bond acceptors (Lipinski definition) is 1. The highest BCUT2D eigenvalue weighted by atomic mass is 16.3. The number of allylic oxidation sites excluding steroid dienone is 2. The molecule has 1 heteroatoms. The molecule has 160 valence electrons. The van der Waals surface area contributed by atoms with Gasteiger partial charge in [-0.2, -0.15) is 0 Å². The molecule has 28 heavy (non-hydrogen) atoms. The zero-order valence-electron chi connectivity index (χ0n) is 19.4. The Balaban J connectivity index is 1.70. The van der Waals surface area contributed by atoms with Crippen molar-refractivity contribution in [2.24, 2.45) is 40.4 Å². The number of aliphatic hydroxyl groups excluding tert-OH is 1. The SMILES string of the molecule is CC(C)CCC[C@@H](C)[C@@H]1CC[C@]2(C)C1=C1CCCC[C@H]1[C@@H]1[C@H](O)CCC[C@]12C. The van der Waals surface area contributed by atoms with Gasteiger partial charge in [-0.25, -0.2) is 0 Å². The Morgan fingerprint density at radius 3 is 2.50 bits per heavy atom. The molecule has 7 atom stereocenters. The van der Waals surface area contributed by atoms with Gasteiger partial charge in [-0.3, -0.25) is 0 Å². The van der Waals surface area contributed by atoms with Crippen LogP contribution in [0.2, 0.25) is 0 Å². The van der Waals surface area contributed by atoms with E-state index < -0.39 is 0 Å². The van der Waals surface area contributed by atoms with Crippen molar-refractivity contribution >= 4 is 0 Å². The maximum atomic E-state index is 11.2. The highest BCUT2D eigenvalue weighted by Crippen LogP contribution is 2.71. The molecule has 4 aliphatic rings. The van der Waals surface area contributed by atoms with E-state index in [1.165, 1.54) is 70.6 Å². The van der Waals surface area contributed by atoms with Crippen LogP contribution < -0.4 is 0 Å².